The largest absolute Gasteiger partial charge is 0.496 e. The minimum atomic E-state index is -0.0966. The number of aliphatic hydroxyl groups is 1. The molecular weight excluding hydrogens is 458 g/mol. The number of pyridine rings is 1. The van der Waals surface area contributed by atoms with Gasteiger partial charge < -0.3 is 29.1 Å². The molecule has 188 valence electrons. The van der Waals surface area contributed by atoms with Crippen molar-refractivity contribution >= 4 is 22.7 Å². The number of rotatable bonds is 5. The van der Waals surface area contributed by atoms with E-state index in [0.717, 1.165) is 91.6 Å². The Kier molecular flexibility index (Phi) is 5.45. The summed E-state index contributed by atoms with van der Waals surface area (Å²) < 4.78 is 17.1. The molecule has 36 heavy (non-hydrogen) atoms. The fourth-order valence-corrected chi connectivity index (χ4v) is 6.46. The van der Waals surface area contributed by atoms with Gasteiger partial charge in [0, 0.05) is 17.3 Å². The number of ether oxygens (including phenoxy) is 3. The maximum Gasteiger partial charge on any atom is 0.228 e. The van der Waals surface area contributed by atoms with Crippen molar-refractivity contribution in [2.24, 2.45) is 0 Å². The van der Waals surface area contributed by atoms with Gasteiger partial charge >= 0.3 is 0 Å². The lowest BCUT2D eigenvalue weighted by Gasteiger charge is -2.38. The van der Waals surface area contributed by atoms with E-state index < -0.39 is 0 Å². The Bertz CT molecular complexity index is 1270. The number of nitrogens with zero attached hydrogens (tertiary/aromatic N) is 5. The molecule has 7 rings (SSSR count). The predicted octanol–water partition coefficient (Wildman–Crippen LogP) is 2.93. The molecule has 3 aromatic rings. The highest BCUT2D eigenvalue weighted by molar-refractivity contribution is 5.92. The SMILES string of the molecule is COc1ccc(-c2cc3nc(N4C5CCC4COC5)nc(N4C5CCC4COC5)c3cn2)cc1CO. The van der Waals surface area contributed by atoms with Crippen LogP contribution in [0, 0.1) is 0 Å². The van der Waals surface area contributed by atoms with Crippen LogP contribution < -0.4 is 14.5 Å². The first-order valence-corrected chi connectivity index (χ1v) is 12.9. The van der Waals surface area contributed by atoms with Crippen LogP contribution in [-0.4, -0.2) is 77.8 Å². The lowest BCUT2D eigenvalue weighted by molar-refractivity contribution is 0.0889. The number of fused-ring (bicyclic) bond motifs is 5. The maximum absolute atomic E-state index is 9.81. The van der Waals surface area contributed by atoms with Gasteiger partial charge in [-0.3, -0.25) is 4.98 Å². The van der Waals surface area contributed by atoms with Crippen LogP contribution in [0.2, 0.25) is 0 Å². The number of aliphatic hydroxyl groups excluding tert-OH is 1. The van der Waals surface area contributed by atoms with Gasteiger partial charge in [-0.2, -0.15) is 4.98 Å². The Balaban J connectivity index is 1.37. The van der Waals surface area contributed by atoms with Gasteiger partial charge in [-0.25, -0.2) is 4.98 Å². The molecule has 2 aromatic heterocycles. The van der Waals surface area contributed by atoms with Crippen LogP contribution in [-0.2, 0) is 16.1 Å². The topological polar surface area (TPSA) is 93.1 Å². The van der Waals surface area contributed by atoms with Crippen molar-refractivity contribution in [2.45, 2.75) is 56.5 Å². The van der Waals surface area contributed by atoms with Gasteiger partial charge in [0.15, 0.2) is 0 Å². The summed E-state index contributed by atoms with van der Waals surface area (Å²) >= 11 is 0. The molecule has 4 aliphatic heterocycles. The van der Waals surface area contributed by atoms with E-state index in [4.69, 9.17) is 29.2 Å². The van der Waals surface area contributed by atoms with Crippen molar-refractivity contribution in [1.82, 2.24) is 15.0 Å². The monoisotopic (exact) mass is 489 g/mol. The Morgan fingerprint density at radius 3 is 2.22 bits per heavy atom. The van der Waals surface area contributed by atoms with Crippen LogP contribution in [0.25, 0.3) is 22.2 Å². The Labute approximate surface area is 210 Å². The number of hydrogen-bond donors (Lipinski definition) is 1. The van der Waals surface area contributed by atoms with Crippen LogP contribution in [0.5, 0.6) is 5.75 Å². The summed E-state index contributed by atoms with van der Waals surface area (Å²) in [6.07, 6.45) is 6.38. The van der Waals surface area contributed by atoms with E-state index >= 15 is 0 Å². The summed E-state index contributed by atoms with van der Waals surface area (Å²) in [4.78, 5) is 20.0. The van der Waals surface area contributed by atoms with Crippen LogP contribution >= 0.6 is 0 Å². The molecule has 9 heteroatoms. The van der Waals surface area contributed by atoms with Crippen molar-refractivity contribution in [3.63, 3.8) is 0 Å². The number of methoxy groups -OCH3 is 1. The fourth-order valence-electron chi connectivity index (χ4n) is 6.46. The Hall–Kier alpha value is -3.01. The molecule has 0 saturated carbocycles. The van der Waals surface area contributed by atoms with E-state index in [9.17, 15) is 5.11 Å². The number of morpholine rings is 2. The van der Waals surface area contributed by atoms with Crippen molar-refractivity contribution < 1.29 is 19.3 Å². The molecule has 4 bridgehead atoms. The highest BCUT2D eigenvalue weighted by atomic mass is 16.5. The van der Waals surface area contributed by atoms with Crippen LogP contribution in [0.3, 0.4) is 0 Å². The van der Waals surface area contributed by atoms with Gasteiger partial charge in [0.2, 0.25) is 5.95 Å². The first-order valence-electron chi connectivity index (χ1n) is 12.9. The zero-order valence-corrected chi connectivity index (χ0v) is 20.5. The molecule has 4 aliphatic rings. The summed E-state index contributed by atoms with van der Waals surface area (Å²) in [5, 5.41) is 10.8. The van der Waals surface area contributed by atoms with Gasteiger partial charge in [0.1, 0.15) is 11.6 Å². The van der Waals surface area contributed by atoms with Crippen molar-refractivity contribution in [3.05, 3.63) is 36.0 Å². The summed E-state index contributed by atoms with van der Waals surface area (Å²) in [6.45, 7) is 2.84. The van der Waals surface area contributed by atoms with Gasteiger partial charge in [0.25, 0.3) is 0 Å². The number of anilines is 2. The lowest BCUT2D eigenvalue weighted by Crippen LogP contribution is -2.48. The molecule has 4 atom stereocenters. The molecule has 6 heterocycles. The van der Waals surface area contributed by atoms with E-state index in [1.165, 1.54) is 0 Å². The molecule has 0 spiro atoms. The normalized spacial score (nSPS) is 27.2. The van der Waals surface area contributed by atoms with E-state index in [1.54, 1.807) is 7.11 Å². The first kappa shape index (κ1) is 22.2. The molecule has 4 fully saturated rings. The second-order valence-corrected chi connectivity index (χ2v) is 10.3. The standard InChI is InChI=1S/C27H31N5O4/c1-34-25-7-2-16(8-17(25)11-33)23-9-24-22(10-28-23)26(31-18-3-4-19(31)13-35-12-18)30-27(29-24)32-20-5-6-21(32)15-36-14-20/h2,7-10,18-21,33H,3-6,11-15H2,1H3. The van der Waals surface area contributed by atoms with Crippen molar-refractivity contribution in [1.29, 1.82) is 0 Å². The van der Waals surface area contributed by atoms with E-state index in [1.807, 2.05) is 24.4 Å². The molecule has 0 amide bonds. The highest BCUT2D eigenvalue weighted by Crippen LogP contribution is 2.40. The third-order valence-corrected chi connectivity index (χ3v) is 8.25. The second kappa shape index (κ2) is 8.83. The summed E-state index contributed by atoms with van der Waals surface area (Å²) in [5.74, 6) is 2.43. The van der Waals surface area contributed by atoms with E-state index in [2.05, 4.69) is 15.9 Å². The Morgan fingerprint density at radius 2 is 1.58 bits per heavy atom. The minimum absolute atomic E-state index is 0.0966. The fraction of sp³-hybridized carbons (Fsp3) is 0.519. The highest BCUT2D eigenvalue weighted by Gasteiger charge is 2.42. The molecule has 4 saturated heterocycles. The molecule has 1 aromatic carbocycles. The molecule has 0 aliphatic carbocycles. The van der Waals surface area contributed by atoms with E-state index in [-0.39, 0.29) is 6.61 Å². The third-order valence-electron chi connectivity index (χ3n) is 8.25. The van der Waals surface area contributed by atoms with Crippen LogP contribution in [0.15, 0.2) is 30.5 Å². The predicted molar refractivity (Wildman–Crippen MR) is 135 cm³/mol. The Morgan fingerprint density at radius 1 is 0.917 bits per heavy atom. The van der Waals surface area contributed by atoms with E-state index in [0.29, 0.717) is 29.9 Å². The quantitative estimate of drug-likeness (QED) is 0.581. The van der Waals surface area contributed by atoms with Gasteiger partial charge in [-0.05, 0) is 49.9 Å². The zero-order valence-electron chi connectivity index (χ0n) is 20.5. The average molecular weight is 490 g/mol. The third kappa shape index (κ3) is 3.52. The summed E-state index contributed by atoms with van der Waals surface area (Å²) in [5.41, 5.74) is 3.35. The van der Waals surface area contributed by atoms with Crippen LogP contribution in [0.4, 0.5) is 11.8 Å². The smallest absolute Gasteiger partial charge is 0.228 e. The van der Waals surface area contributed by atoms with Crippen LogP contribution in [0.1, 0.15) is 31.2 Å². The second-order valence-electron chi connectivity index (χ2n) is 10.3. The van der Waals surface area contributed by atoms with Crippen molar-refractivity contribution in [2.75, 3.05) is 43.3 Å². The molecular formula is C27H31N5O4. The van der Waals surface area contributed by atoms with Gasteiger partial charge in [-0.15, -0.1) is 0 Å². The minimum Gasteiger partial charge on any atom is -0.496 e. The average Bonchev–Trinajstić information content (AvgIpc) is 3.32. The number of hydrogen-bond acceptors (Lipinski definition) is 9. The zero-order chi connectivity index (χ0) is 24.2. The maximum atomic E-state index is 9.81. The number of aromatic nitrogens is 3. The molecule has 9 nitrogen and oxygen atoms in total. The molecule has 1 N–H and O–H groups in total. The number of benzene rings is 1. The van der Waals surface area contributed by atoms with Crippen molar-refractivity contribution in [3.8, 4) is 17.0 Å². The lowest BCUT2D eigenvalue weighted by atomic mass is 10.1. The van der Waals surface area contributed by atoms with Gasteiger partial charge in [0.05, 0.1) is 80.9 Å². The summed E-state index contributed by atoms with van der Waals surface area (Å²) in [7, 11) is 1.61. The van der Waals surface area contributed by atoms with Gasteiger partial charge in [-0.1, -0.05) is 0 Å². The molecule has 0 radical (unpaired) electrons. The summed E-state index contributed by atoms with van der Waals surface area (Å²) in [6, 6.07) is 9.16. The molecule has 4 unspecified atom stereocenters. The first-order chi connectivity index (χ1) is 17.7.